The molecular formula is C25H20O6. The van der Waals surface area contributed by atoms with Crippen LogP contribution in [0.2, 0.25) is 0 Å². The minimum atomic E-state index is -0.708. The van der Waals surface area contributed by atoms with Crippen molar-refractivity contribution in [1.29, 1.82) is 0 Å². The Kier molecular flexibility index (Phi) is 7.11. The van der Waals surface area contributed by atoms with E-state index < -0.39 is 18.0 Å². The van der Waals surface area contributed by atoms with Gasteiger partial charge in [-0.15, -0.1) is 0 Å². The van der Waals surface area contributed by atoms with E-state index in [0.29, 0.717) is 17.1 Å². The van der Waals surface area contributed by atoms with E-state index in [4.69, 9.17) is 9.47 Å². The highest BCUT2D eigenvalue weighted by Gasteiger charge is 2.09. The van der Waals surface area contributed by atoms with Gasteiger partial charge in [-0.25, -0.2) is 14.5 Å². The SMILES string of the molecule is C=CC(=O)Oc1ccc(C(/C=C/c2ccc3cc(OC(=O)C=C)ccc3c2)OO)cc1. The zero-order valence-corrected chi connectivity index (χ0v) is 16.6. The van der Waals surface area contributed by atoms with Crippen LogP contribution in [0.25, 0.3) is 16.8 Å². The van der Waals surface area contributed by atoms with Crippen molar-refractivity contribution in [2.24, 2.45) is 0 Å². The Morgan fingerprint density at radius 1 is 0.806 bits per heavy atom. The number of benzene rings is 3. The van der Waals surface area contributed by atoms with Crippen molar-refractivity contribution in [3.05, 3.63) is 103 Å². The molecule has 3 rings (SSSR count). The van der Waals surface area contributed by atoms with E-state index in [1.54, 1.807) is 42.5 Å². The van der Waals surface area contributed by atoms with Crippen LogP contribution >= 0.6 is 0 Å². The summed E-state index contributed by atoms with van der Waals surface area (Å²) in [4.78, 5) is 27.2. The summed E-state index contributed by atoms with van der Waals surface area (Å²) >= 11 is 0. The van der Waals surface area contributed by atoms with Crippen LogP contribution in [0.15, 0.2) is 92.0 Å². The van der Waals surface area contributed by atoms with Crippen molar-refractivity contribution in [2.45, 2.75) is 6.10 Å². The summed E-state index contributed by atoms with van der Waals surface area (Å²) in [5, 5.41) is 11.2. The normalized spacial score (nSPS) is 11.8. The first-order valence-corrected chi connectivity index (χ1v) is 9.33. The van der Waals surface area contributed by atoms with Crippen molar-refractivity contribution in [3.8, 4) is 11.5 Å². The van der Waals surface area contributed by atoms with Crippen molar-refractivity contribution in [3.63, 3.8) is 0 Å². The molecule has 0 saturated heterocycles. The lowest BCUT2D eigenvalue weighted by Gasteiger charge is -2.10. The molecule has 31 heavy (non-hydrogen) atoms. The van der Waals surface area contributed by atoms with Gasteiger partial charge in [0.05, 0.1) is 0 Å². The van der Waals surface area contributed by atoms with E-state index in [1.165, 1.54) is 0 Å². The van der Waals surface area contributed by atoms with Gasteiger partial charge in [-0.2, -0.15) is 0 Å². The Hall–Kier alpha value is -4.00. The van der Waals surface area contributed by atoms with E-state index in [0.717, 1.165) is 28.5 Å². The molecule has 0 amide bonds. The second-order valence-corrected chi connectivity index (χ2v) is 6.47. The van der Waals surface area contributed by atoms with E-state index >= 15 is 0 Å². The summed E-state index contributed by atoms with van der Waals surface area (Å²) in [7, 11) is 0. The molecule has 1 atom stereocenters. The Morgan fingerprint density at radius 3 is 2.03 bits per heavy atom. The number of esters is 2. The van der Waals surface area contributed by atoms with Crippen LogP contribution in [0, 0.1) is 0 Å². The fourth-order valence-corrected chi connectivity index (χ4v) is 2.86. The Bertz CT molecular complexity index is 1140. The number of carbonyl (C=O) groups is 2. The molecule has 3 aromatic rings. The van der Waals surface area contributed by atoms with Gasteiger partial charge in [-0.3, -0.25) is 5.26 Å². The summed E-state index contributed by atoms with van der Waals surface area (Å²) in [5.74, 6) is -0.260. The maximum Gasteiger partial charge on any atom is 0.335 e. The van der Waals surface area contributed by atoms with Crippen LogP contribution in [0.5, 0.6) is 11.5 Å². The third-order valence-electron chi connectivity index (χ3n) is 4.39. The summed E-state index contributed by atoms with van der Waals surface area (Å²) < 4.78 is 10.2. The Balaban J connectivity index is 1.74. The van der Waals surface area contributed by atoms with Crippen molar-refractivity contribution in [2.75, 3.05) is 0 Å². The molecule has 156 valence electrons. The zero-order valence-electron chi connectivity index (χ0n) is 16.6. The molecule has 0 bridgehead atoms. The standard InChI is InChI=1S/C25H20O6/c1-3-24(26)29-21-11-8-18(9-12-21)23(31-28)14-6-17-5-7-20-16-22(30-25(27)4-2)13-10-19(20)15-17/h3-16,23,28H,1-2H2/b14-6+. The van der Waals surface area contributed by atoms with Gasteiger partial charge in [0, 0.05) is 12.2 Å². The second-order valence-electron chi connectivity index (χ2n) is 6.47. The fraction of sp³-hybridized carbons (Fsp3) is 0.0400. The molecule has 6 nitrogen and oxygen atoms in total. The number of rotatable bonds is 8. The molecule has 1 N–H and O–H groups in total. The van der Waals surface area contributed by atoms with Crippen molar-refractivity contribution >= 4 is 28.8 Å². The van der Waals surface area contributed by atoms with Gasteiger partial charge in [0.1, 0.15) is 17.6 Å². The molecule has 0 aliphatic heterocycles. The predicted molar refractivity (Wildman–Crippen MR) is 118 cm³/mol. The third kappa shape index (κ3) is 5.76. The van der Waals surface area contributed by atoms with Gasteiger partial charge in [0.15, 0.2) is 0 Å². The molecule has 3 aromatic carbocycles. The molecule has 0 aromatic heterocycles. The number of ether oxygens (including phenoxy) is 2. The first-order chi connectivity index (χ1) is 15.0. The van der Waals surface area contributed by atoms with Gasteiger partial charge in [0.2, 0.25) is 0 Å². The van der Waals surface area contributed by atoms with Crippen molar-refractivity contribution in [1.82, 2.24) is 0 Å². The highest BCUT2D eigenvalue weighted by atomic mass is 17.1. The summed E-state index contributed by atoms with van der Waals surface area (Å²) in [6.07, 6.45) is 5.00. The van der Waals surface area contributed by atoms with Crippen LogP contribution in [0.1, 0.15) is 17.2 Å². The first kappa shape index (κ1) is 21.7. The topological polar surface area (TPSA) is 82.1 Å². The zero-order chi connectivity index (χ0) is 22.2. The van der Waals surface area contributed by atoms with Gasteiger partial charge < -0.3 is 9.47 Å². The molecule has 0 fully saturated rings. The molecular weight excluding hydrogens is 396 g/mol. The predicted octanol–water partition coefficient (Wildman–Crippen LogP) is 5.27. The van der Waals surface area contributed by atoms with E-state index in [2.05, 4.69) is 18.0 Å². The monoisotopic (exact) mass is 416 g/mol. The van der Waals surface area contributed by atoms with Crippen LogP contribution in [0.4, 0.5) is 0 Å². The number of carbonyl (C=O) groups excluding carboxylic acids is 2. The van der Waals surface area contributed by atoms with E-state index in [9.17, 15) is 14.8 Å². The highest BCUT2D eigenvalue weighted by molar-refractivity contribution is 5.88. The van der Waals surface area contributed by atoms with Crippen LogP contribution in [-0.4, -0.2) is 17.2 Å². The summed E-state index contributed by atoms with van der Waals surface area (Å²) in [6, 6.07) is 17.6. The highest BCUT2D eigenvalue weighted by Crippen LogP contribution is 2.25. The maximum atomic E-state index is 11.3. The van der Waals surface area contributed by atoms with Gasteiger partial charge >= 0.3 is 11.9 Å². The second kappa shape index (κ2) is 10.2. The third-order valence-corrected chi connectivity index (χ3v) is 4.39. The van der Waals surface area contributed by atoms with Gasteiger partial charge in [-0.05, 0) is 58.3 Å². The summed E-state index contributed by atoms with van der Waals surface area (Å²) in [6.45, 7) is 6.73. The molecule has 0 aliphatic carbocycles. The van der Waals surface area contributed by atoms with Crippen molar-refractivity contribution < 1.29 is 29.2 Å². The Labute approximate surface area is 179 Å². The molecule has 0 spiro atoms. The number of hydrogen-bond donors (Lipinski definition) is 1. The minimum absolute atomic E-state index is 0.363. The Morgan fingerprint density at radius 2 is 1.39 bits per heavy atom. The molecule has 0 heterocycles. The van der Waals surface area contributed by atoms with Gasteiger partial charge in [-0.1, -0.05) is 49.6 Å². The number of hydrogen-bond acceptors (Lipinski definition) is 6. The molecule has 0 aliphatic rings. The minimum Gasteiger partial charge on any atom is -0.423 e. The average molecular weight is 416 g/mol. The molecule has 1 unspecified atom stereocenters. The fourth-order valence-electron chi connectivity index (χ4n) is 2.86. The number of fused-ring (bicyclic) bond motifs is 1. The largest absolute Gasteiger partial charge is 0.423 e. The molecule has 6 heteroatoms. The van der Waals surface area contributed by atoms with Crippen LogP contribution in [0.3, 0.4) is 0 Å². The maximum absolute atomic E-state index is 11.3. The average Bonchev–Trinajstić information content (AvgIpc) is 2.80. The molecule has 0 saturated carbocycles. The van der Waals surface area contributed by atoms with Crippen LogP contribution < -0.4 is 9.47 Å². The van der Waals surface area contributed by atoms with E-state index in [-0.39, 0.29) is 0 Å². The smallest absolute Gasteiger partial charge is 0.335 e. The summed E-state index contributed by atoms with van der Waals surface area (Å²) in [5.41, 5.74) is 1.56. The lowest BCUT2D eigenvalue weighted by molar-refractivity contribution is -0.268. The quantitative estimate of drug-likeness (QED) is 0.177. The first-order valence-electron chi connectivity index (χ1n) is 9.33. The molecule has 0 radical (unpaired) electrons. The van der Waals surface area contributed by atoms with Crippen LogP contribution in [-0.2, 0) is 14.5 Å². The van der Waals surface area contributed by atoms with E-state index in [1.807, 2.05) is 30.3 Å². The lowest BCUT2D eigenvalue weighted by Crippen LogP contribution is -2.03. The van der Waals surface area contributed by atoms with Gasteiger partial charge in [0.25, 0.3) is 0 Å². The lowest BCUT2D eigenvalue weighted by atomic mass is 10.0.